The van der Waals surface area contributed by atoms with Gasteiger partial charge in [0.15, 0.2) is 0 Å². The lowest BCUT2D eigenvalue weighted by Gasteiger charge is -1.97. The van der Waals surface area contributed by atoms with Crippen molar-refractivity contribution >= 4 is 17.5 Å². The Morgan fingerprint density at radius 2 is 1.58 bits per heavy atom. The van der Waals surface area contributed by atoms with E-state index in [4.69, 9.17) is 0 Å². The first-order valence-corrected chi connectivity index (χ1v) is 4.60. The van der Waals surface area contributed by atoms with E-state index in [-0.39, 0.29) is 0 Å². The molecule has 0 aliphatic carbocycles. The highest BCUT2D eigenvalue weighted by molar-refractivity contribution is 7.90. The van der Waals surface area contributed by atoms with Gasteiger partial charge in [-0.05, 0) is 12.5 Å². The van der Waals surface area contributed by atoms with Crippen LogP contribution in [-0.4, -0.2) is 0 Å². The smallest absolute Gasteiger partial charge is 0.00405 e. The molecule has 0 aromatic heterocycles. The zero-order chi connectivity index (χ0) is 9.56. The summed E-state index contributed by atoms with van der Waals surface area (Å²) in [5.74, 6) is 0. The van der Waals surface area contributed by atoms with Crippen molar-refractivity contribution in [3.8, 4) is 0 Å². The minimum atomic E-state index is 0.819. The predicted octanol–water partition coefficient (Wildman–Crippen LogP) is 3.92. The van der Waals surface area contributed by atoms with Crippen LogP contribution in [0.25, 0.3) is 4.91 Å². The molecule has 0 nitrogen and oxygen atoms in total. The number of aryl methyl sites for hydroxylation is 1. The molecule has 1 aromatic rings. The Bertz CT molecular complexity index is 234. The quantitative estimate of drug-likeness (QED) is 0.622. The van der Waals surface area contributed by atoms with Crippen molar-refractivity contribution in [1.29, 1.82) is 0 Å². The van der Waals surface area contributed by atoms with Crippen LogP contribution in [0.15, 0.2) is 30.8 Å². The van der Waals surface area contributed by atoms with Gasteiger partial charge in [-0.15, -0.1) is 12.6 Å². The molecule has 0 N–H and O–H groups in total. The first-order chi connectivity index (χ1) is 5.70. The van der Waals surface area contributed by atoms with E-state index < -0.39 is 0 Å². The maximum Gasteiger partial charge on any atom is 0.00405 e. The number of hydrogen-bond donors (Lipinski definition) is 1. The third kappa shape index (κ3) is 3.63. The molecular formula is C11H16S. The molecule has 0 fully saturated rings. The van der Waals surface area contributed by atoms with Crippen molar-refractivity contribution in [1.82, 2.24) is 0 Å². The minimum Gasteiger partial charge on any atom is -0.143 e. The normalized spacial score (nSPS) is 8.33. The zero-order valence-electron chi connectivity index (χ0n) is 7.96. The Morgan fingerprint density at radius 1 is 1.17 bits per heavy atom. The van der Waals surface area contributed by atoms with Crippen molar-refractivity contribution in [2.45, 2.75) is 20.8 Å². The summed E-state index contributed by atoms with van der Waals surface area (Å²) in [5.41, 5.74) is 2.35. The van der Waals surface area contributed by atoms with Crippen LogP contribution in [0.4, 0.5) is 0 Å². The van der Waals surface area contributed by atoms with Crippen LogP contribution in [0, 0.1) is 6.92 Å². The number of rotatable bonds is 1. The molecule has 0 saturated heterocycles. The van der Waals surface area contributed by atoms with E-state index >= 15 is 0 Å². The second kappa shape index (κ2) is 5.90. The Balaban J connectivity index is 0.000000561. The molecule has 0 spiro atoms. The van der Waals surface area contributed by atoms with E-state index in [1.165, 1.54) is 5.56 Å². The van der Waals surface area contributed by atoms with Crippen LogP contribution < -0.4 is 0 Å². The average Bonchev–Trinajstić information content (AvgIpc) is 2.09. The van der Waals surface area contributed by atoms with Gasteiger partial charge in [0, 0.05) is 4.91 Å². The number of thiol groups is 1. The molecule has 0 unspecified atom stereocenters. The second-order valence-corrected chi connectivity index (χ2v) is 2.85. The monoisotopic (exact) mass is 180 g/mol. The molecule has 0 heterocycles. The SMILES string of the molecule is C=C(S)c1ccc(C)cc1.CC. The topological polar surface area (TPSA) is 0 Å². The van der Waals surface area contributed by atoms with Gasteiger partial charge in [-0.25, -0.2) is 0 Å². The molecule has 0 aliphatic heterocycles. The molecule has 12 heavy (non-hydrogen) atoms. The van der Waals surface area contributed by atoms with E-state index in [2.05, 4.69) is 38.3 Å². The predicted molar refractivity (Wildman–Crippen MR) is 60.5 cm³/mol. The minimum absolute atomic E-state index is 0.819. The lowest BCUT2D eigenvalue weighted by atomic mass is 10.1. The Labute approximate surface area is 80.7 Å². The number of benzene rings is 1. The molecule has 0 bridgehead atoms. The van der Waals surface area contributed by atoms with Crippen LogP contribution in [0.1, 0.15) is 25.0 Å². The maximum absolute atomic E-state index is 4.13. The van der Waals surface area contributed by atoms with Crippen LogP contribution in [0.5, 0.6) is 0 Å². The summed E-state index contributed by atoms with van der Waals surface area (Å²) in [4.78, 5) is 0.819. The summed E-state index contributed by atoms with van der Waals surface area (Å²) < 4.78 is 0. The molecule has 0 aliphatic rings. The molecule has 1 heteroatoms. The Morgan fingerprint density at radius 3 is 1.92 bits per heavy atom. The third-order valence-corrected chi connectivity index (χ3v) is 1.64. The van der Waals surface area contributed by atoms with Crippen molar-refractivity contribution in [3.63, 3.8) is 0 Å². The average molecular weight is 180 g/mol. The van der Waals surface area contributed by atoms with E-state index in [1.807, 2.05) is 26.0 Å². The highest BCUT2D eigenvalue weighted by Crippen LogP contribution is 2.15. The fourth-order valence-electron chi connectivity index (χ4n) is 0.746. The van der Waals surface area contributed by atoms with Gasteiger partial charge in [0.25, 0.3) is 0 Å². The fraction of sp³-hybridized carbons (Fsp3) is 0.273. The summed E-state index contributed by atoms with van der Waals surface area (Å²) in [7, 11) is 0. The van der Waals surface area contributed by atoms with Gasteiger partial charge < -0.3 is 0 Å². The van der Waals surface area contributed by atoms with Gasteiger partial charge in [-0.3, -0.25) is 0 Å². The molecule has 0 saturated carbocycles. The first kappa shape index (κ1) is 11.3. The summed E-state index contributed by atoms with van der Waals surface area (Å²) in [6.45, 7) is 9.78. The van der Waals surface area contributed by atoms with Gasteiger partial charge in [0.2, 0.25) is 0 Å². The van der Waals surface area contributed by atoms with Crippen molar-refractivity contribution in [3.05, 3.63) is 42.0 Å². The van der Waals surface area contributed by atoms with E-state index in [0.29, 0.717) is 0 Å². The maximum atomic E-state index is 4.13. The van der Waals surface area contributed by atoms with Crippen LogP contribution >= 0.6 is 12.6 Å². The molecule has 1 aromatic carbocycles. The standard InChI is InChI=1S/C9H10S.C2H6/c1-7-3-5-9(6-4-7)8(2)10;1-2/h3-6,10H,2H2,1H3;1-2H3. The largest absolute Gasteiger partial charge is 0.143 e. The Hall–Kier alpha value is -0.690. The third-order valence-electron chi connectivity index (χ3n) is 1.38. The van der Waals surface area contributed by atoms with E-state index in [9.17, 15) is 0 Å². The summed E-state index contributed by atoms with van der Waals surface area (Å²) >= 11 is 4.13. The lowest BCUT2D eigenvalue weighted by Crippen LogP contribution is -1.75. The van der Waals surface area contributed by atoms with Gasteiger partial charge >= 0.3 is 0 Å². The Kier molecular flexibility index (Phi) is 5.56. The first-order valence-electron chi connectivity index (χ1n) is 4.15. The number of hydrogen-bond acceptors (Lipinski definition) is 1. The van der Waals surface area contributed by atoms with Gasteiger partial charge in [-0.2, -0.15) is 0 Å². The highest BCUT2D eigenvalue weighted by atomic mass is 32.1. The molecule has 1 rings (SSSR count). The van der Waals surface area contributed by atoms with Crippen molar-refractivity contribution in [2.75, 3.05) is 0 Å². The lowest BCUT2D eigenvalue weighted by molar-refractivity contribution is 1.46. The fourth-order valence-corrected chi connectivity index (χ4v) is 0.895. The molecule has 0 radical (unpaired) electrons. The molecule has 66 valence electrons. The van der Waals surface area contributed by atoms with E-state index in [0.717, 1.165) is 10.5 Å². The summed E-state index contributed by atoms with van der Waals surface area (Å²) in [5, 5.41) is 0. The zero-order valence-corrected chi connectivity index (χ0v) is 8.86. The van der Waals surface area contributed by atoms with Crippen LogP contribution in [0.2, 0.25) is 0 Å². The van der Waals surface area contributed by atoms with Crippen molar-refractivity contribution in [2.24, 2.45) is 0 Å². The summed E-state index contributed by atoms with van der Waals surface area (Å²) in [6.07, 6.45) is 0. The van der Waals surface area contributed by atoms with E-state index in [1.54, 1.807) is 0 Å². The van der Waals surface area contributed by atoms with Crippen LogP contribution in [-0.2, 0) is 0 Å². The summed E-state index contributed by atoms with van der Waals surface area (Å²) in [6, 6.07) is 8.14. The molecule has 0 atom stereocenters. The molecule has 0 amide bonds. The second-order valence-electron chi connectivity index (χ2n) is 2.31. The van der Waals surface area contributed by atoms with Gasteiger partial charge in [0.05, 0.1) is 0 Å². The van der Waals surface area contributed by atoms with Gasteiger partial charge in [0.1, 0.15) is 0 Å². The van der Waals surface area contributed by atoms with Gasteiger partial charge in [-0.1, -0.05) is 50.3 Å². The molecular weight excluding hydrogens is 164 g/mol. The van der Waals surface area contributed by atoms with Crippen molar-refractivity contribution < 1.29 is 0 Å². The van der Waals surface area contributed by atoms with Crippen LogP contribution in [0.3, 0.4) is 0 Å². The highest BCUT2D eigenvalue weighted by Gasteiger charge is 1.90.